The van der Waals surface area contributed by atoms with E-state index in [9.17, 15) is 8.42 Å². The lowest BCUT2D eigenvalue weighted by Crippen LogP contribution is -2.08. The number of nitrogens with zero attached hydrogens (tertiary/aromatic N) is 2. The molecule has 5 aromatic rings. The van der Waals surface area contributed by atoms with Crippen LogP contribution in [0.15, 0.2) is 115 Å². The maximum atomic E-state index is 11.7. The third-order valence-electron chi connectivity index (χ3n) is 5.52. The standard InChI is InChI=1S/C29H22N2O3S/c1-35(32,33)34-27-20-30-28(25-16-12-23(13-17-25)21-8-4-2-5-9-21)29(31-27)26-18-14-24(15-19-26)22-10-6-3-7-11-22/h2-20H,1H3. The molecule has 0 amide bonds. The second-order valence-corrected chi connectivity index (χ2v) is 9.65. The Morgan fingerprint density at radius 1 is 0.543 bits per heavy atom. The normalized spacial score (nSPS) is 11.2. The van der Waals surface area contributed by atoms with Gasteiger partial charge in [-0.2, -0.15) is 8.42 Å². The molecule has 0 aliphatic heterocycles. The maximum Gasteiger partial charge on any atom is 0.307 e. The highest BCUT2D eigenvalue weighted by atomic mass is 32.2. The van der Waals surface area contributed by atoms with Gasteiger partial charge in [0.15, 0.2) is 0 Å². The minimum Gasteiger partial charge on any atom is -0.360 e. The van der Waals surface area contributed by atoms with Crippen molar-refractivity contribution in [1.82, 2.24) is 9.97 Å². The van der Waals surface area contributed by atoms with Crippen molar-refractivity contribution in [3.63, 3.8) is 0 Å². The Morgan fingerprint density at radius 2 is 0.943 bits per heavy atom. The van der Waals surface area contributed by atoms with Gasteiger partial charge in [0.1, 0.15) is 5.69 Å². The van der Waals surface area contributed by atoms with Crippen LogP contribution in [0.1, 0.15) is 0 Å². The summed E-state index contributed by atoms with van der Waals surface area (Å²) in [6.45, 7) is 0. The largest absolute Gasteiger partial charge is 0.360 e. The summed E-state index contributed by atoms with van der Waals surface area (Å²) in [4.78, 5) is 9.06. The van der Waals surface area contributed by atoms with Crippen LogP contribution in [0.3, 0.4) is 0 Å². The van der Waals surface area contributed by atoms with E-state index in [1.807, 2.05) is 84.9 Å². The van der Waals surface area contributed by atoms with E-state index in [4.69, 9.17) is 4.18 Å². The molecule has 6 heteroatoms. The average molecular weight is 479 g/mol. The fourth-order valence-electron chi connectivity index (χ4n) is 3.88. The molecule has 0 atom stereocenters. The van der Waals surface area contributed by atoms with E-state index in [2.05, 4.69) is 34.2 Å². The Balaban J connectivity index is 1.56. The minimum absolute atomic E-state index is 0.0701. The zero-order valence-corrected chi connectivity index (χ0v) is 19.8. The summed E-state index contributed by atoms with van der Waals surface area (Å²) in [5.41, 5.74) is 7.24. The van der Waals surface area contributed by atoms with Crippen molar-refractivity contribution in [3.05, 3.63) is 115 Å². The Hall–Kier alpha value is -4.29. The molecule has 0 fully saturated rings. The van der Waals surface area contributed by atoms with Crippen LogP contribution in [0.2, 0.25) is 0 Å². The van der Waals surface area contributed by atoms with Gasteiger partial charge in [-0.3, -0.25) is 0 Å². The molecule has 0 spiro atoms. The number of aromatic nitrogens is 2. The Morgan fingerprint density at radius 3 is 1.40 bits per heavy atom. The summed E-state index contributed by atoms with van der Waals surface area (Å²) in [6, 6.07) is 36.2. The van der Waals surface area contributed by atoms with Gasteiger partial charge in [0.05, 0.1) is 18.1 Å². The van der Waals surface area contributed by atoms with E-state index in [1.165, 1.54) is 6.20 Å². The van der Waals surface area contributed by atoms with Crippen molar-refractivity contribution >= 4 is 10.1 Å². The SMILES string of the molecule is CS(=O)(=O)Oc1cnc(-c2ccc(-c3ccccc3)cc2)c(-c2ccc(-c3ccccc3)cc2)n1. The monoisotopic (exact) mass is 478 g/mol. The lowest BCUT2D eigenvalue weighted by molar-refractivity contribution is 0.481. The molecule has 1 aromatic heterocycles. The predicted molar refractivity (Wildman–Crippen MR) is 139 cm³/mol. The van der Waals surface area contributed by atoms with Gasteiger partial charge < -0.3 is 4.18 Å². The summed E-state index contributed by atoms with van der Waals surface area (Å²) < 4.78 is 28.4. The lowest BCUT2D eigenvalue weighted by atomic mass is 9.98. The molecular formula is C29H22N2O3S. The summed E-state index contributed by atoms with van der Waals surface area (Å²) in [7, 11) is -3.74. The van der Waals surface area contributed by atoms with Crippen molar-refractivity contribution in [1.29, 1.82) is 0 Å². The molecule has 0 radical (unpaired) electrons. The van der Waals surface area contributed by atoms with Crippen LogP contribution >= 0.6 is 0 Å². The van der Waals surface area contributed by atoms with E-state index >= 15 is 0 Å². The van der Waals surface area contributed by atoms with Gasteiger partial charge in [-0.1, -0.05) is 109 Å². The zero-order chi connectivity index (χ0) is 24.3. The molecule has 0 N–H and O–H groups in total. The van der Waals surface area contributed by atoms with Crippen molar-refractivity contribution in [2.45, 2.75) is 0 Å². The molecule has 0 aliphatic carbocycles. The van der Waals surface area contributed by atoms with E-state index < -0.39 is 10.1 Å². The van der Waals surface area contributed by atoms with E-state index in [1.54, 1.807) is 0 Å². The highest BCUT2D eigenvalue weighted by Gasteiger charge is 2.16. The second kappa shape index (κ2) is 9.52. The second-order valence-electron chi connectivity index (χ2n) is 8.08. The molecular weight excluding hydrogens is 456 g/mol. The summed E-state index contributed by atoms with van der Waals surface area (Å²) >= 11 is 0. The highest BCUT2D eigenvalue weighted by molar-refractivity contribution is 7.86. The zero-order valence-electron chi connectivity index (χ0n) is 19.0. The van der Waals surface area contributed by atoms with Gasteiger partial charge in [0.25, 0.3) is 5.88 Å². The first-order valence-corrected chi connectivity index (χ1v) is 12.9. The van der Waals surface area contributed by atoms with Gasteiger partial charge in [0.2, 0.25) is 0 Å². The fraction of sp³-hybridized carbons (Fsp3) is 0.0345. The van der Waals surface area contributed by atoms with Crippen LogP contribution < -0.4 is 4.18 Å². The Bertz CT molecular complexity index is 1550. The first-order valence-electron chi connectivity index (χ1n) is 11.0. The molecule has 0 saturated heterocycles. The van der Waals surface area contributed by atoms with Crippen molar-refractivity contribution < 1.29 is 12.6 Å². The Labute approximate surface area is 204 Å². The number of hydrogen-bond donors (Lipinski definition) is 0. The molecule has 4 aromatic carbocycles. The van der Waals surface area contributed by atoms with Crippen LogP contribution in [0.5, 0.6) is 5.88 Å². The third-order valence-corrected chi connectivity index (χ3v) is 5.99. The Kier molecular flexibility index (Phi) is 6.12. The highest BCUT2D eigenvalue weighted by Crippen LogP contribution is 2.33. The lowest BCUT2D eigenvalue weighted by Gasteiger charge is -2.12. The van der Waals surface area contributed by atoms with Gasteiger partial charge in [-0.15, -0.1) is 0 Å². The molecule has 5 nitrogen and oxygen atoms in total. The van der Waals surface area contributed by atoms with Gasteiger partial charge in [-0.05, 0) is 22.3 Å². The van der Waals surface area contributed by atoms with Crippen molar-refractivity contribution in [2.75, 3.05) is 6.26 Å². The van der Waals surface area contributed by atoms with Gasteiger partial charge in [-0.25, -0.2) is 9.97 Å². The molecule has 0 bridgehead atoms. The van der Waals surface area contributed by atoms with Crippen LogP contribution in [-0.2, 0) is 10.1 Å². The number of benzene rings is 4. The first-order chi connectivity index (χ1) is 17.0. The number of hydrogen-bond acceptors (Lipinski definition) is 5. The molecule has 172 valence electrons. The third kappa shape index (κ3) is 5.28. The van der Waals surface area contributed by atoms with E-state index in [0.717, 1.165) is 39.6 Å². The van der Waals surface area contributed by atoms with Crippen molar-refractivity contribution in [3.8, 4) is 50.6 Å². The molecule has 1 heterocycles. The maximum absolute atomic E-state index is 11.7. The molecule has 5 rings (SSSR count). The van der Waals surface area contributed by atoms with Crippen LogP contribution in [0, 0.1) is 0 Å². The van der Waals surface area contributed by atoms with E-state index in [0.29, 0.717) is 11.4 Å². The predicted octanol–water partition coefficient (Wildman–Crippen LogP) is 6.48. The van der Waals surface area contributed by atoms with Gasteiger partial charge in [0, 0.05) is 11.1 Å². The van der Waals surface area contributed by atoms with Gasteiger partial charge >= 0.3 is 10.1 Å². The first kappa shape index (κ1) is 22.5. The topological polar surface area (TPSA) is 69.2 Å². The van der Waals surface area contributed by atoms with Crippen LogP contribution in [-0.4, -0.2) is 24.6 Å². The summed E-state index contributed by atoms with van der Waals surface area (Å²) in [5, 5.41) is 0. The molecule has 0 unspecified atom stereocenters. The van der Waals surface area contributed by atoms with Crippen molar-refractivity contribution in [2.24, 2.45) is 0 Å². The smallest absolute Gasteiger partial charge is 0.307 e. The quantitative estimate of drug-likeness (QED) is 0.261. The van der Waals surface area contributed by atoms with Crippen LogP contribution in [0.4, 0.5) is 0 Å². The molecule has 35 heavy (non-hydrogen) atoms. The average Bonchev–Trinajstić information content (AvgIpc) is 2.89. The fourth-order valence-corrected chi connectivity index (χ4v) is 4.27. The summed E-state index contributed by atoms with van der Waals surface area (Å²) in [6.07, 6.45) is 2.32. The molecule has 0 saturated carbocycles. The summed E-state index contributed by atoms with van der Waals surface area (Å²) in [5.74, 6) is -0.0701. The van der Waals surface area contributed by atoms with Crippen LogP contribution in [0.25, 0.3) is 44.8 Å². The molecule has 0 aliphatic rings. The van der Waals surface area contributed by atoms with E-state index in [-0.39, 0.29) is 5.88 Å². The number of rotatable bonds is 6. The minimum atomic E-state index is -3.74.